The minimum Gasteiger partial charge on any atom is -0.481 e. The fraction of sp³-hybridized carbons (Fsp3) is 0.562. The Hall–Kier alpha value is -1.19. The van der Waals surface area contributed by atoms with Crippen molar-refractivity contribution in [1.29, 1.82) is 5.26 Å². The summed E-state index contributed by atoms with van der Waals surface area (Å²) < 4.78 is 6.06. The Kier molecular flexibility index (Phi) is 5.76. The van der Waals surface area contributed by atoms with Gasteiger partial charge in [-0.2, -0.15) is 5.26 Å². The maximum absolute atomic E-state index is 12.6. The lowest BCUT2D eigenvalue weighted by atomic mass is 9.73. The largest absolute Gasteiger partial charge is 0.481 e. The second-order valence-electron chi connectivity index (χ2n) is 5.70. The summed E-state index contributed by atoms with van der Waals surface area (Å²) in [6, 6.07) is 5.86. The van der Waals surface area contributed by atoms with E-state index < -0.39 is 5.92 Å². The molecule has 1 heterocycles. The Morgan fingerprint density at radius 3 is 2.86 bits per heavy atom. The van der Waals surface area contributed by atoms with E-state index in [0.717, 1.165) is 10.2 Å². The molecule has 0 N–H and O–H groups in total. The summed E-state index contributed by atoms with van der Waals surface area (Å²) in [5.74, 6) is 0.406. The topological polar surface area (TPSA) is 63.0 Å². The molecule has 0 amide bonds. The van der Waals surface area contributed by atoms with Crippen LogP contribution in [0, 0.1) is 29.1 Å². The molecule has 1 aromatic rings. The van der Waals surface area contributed by atoms with Gasteiger partial charge in [0.15, 0.2) is 5.78 Å². The smallest absolute Gasteiger partial charge is 0.213 e. The van der Waals surface area contributed by atoms with E-state index in [1.54, 1.807) is 13.2 Å². The Labute approximate surface area is 142 Å². The van der Waals surface area contributed by atoms with E-state index in [4.69, 9.17) is 4.74 Å². The van der Waals surface area contributed by atoms with Crippen molar-refractivity contribution < 1.29 is 9.53 Å². The van der Waals surface area contributed by atoms with Crippen LogP contribution in [0.3, 0.4) is 0 Å². The number of nitrogens with zero attached hydrogens (tertiary/aromatic N) is 2. The van der Waals surface area contributed by atoms with Gasteiger partial charge in [-0.25, -0.2) is 4.98 Å². The van der Waals surface area contributed by atoms with Gasteiger partial charge in [-0.1, -0.05) is 13.5 Å². The van der Waals surface area contributed by atoms with Gasteiger partial charge >= 0.3 is 0 Å². The lowest BCUT2D eigenvalue weighted by Crippen LogP contribution is -2.39. The molecule has 1 aliphatic carbocycles. The summed E-state index contributed by atoms with van der Waals surface area (Å²) in [6.45, 7) is 4.29. The van der Waals surface area contributed by atoms with Crippen LogP contribution in [-0.2, 0) is 11.2 Å². The highest BCUT2D eigenvalue weighted by molar-refractivity contribution is 9.10. The van der Waals surface area contributed by atoms with Crippen LogP contribution in [0.15, 0.2) is 16.6 Å². The van der Waals surface area contributed by atoms with Crippen LogP contribution in [0.4, 0.5) is 0 Å². The van der Waals surface area contributed by atoms with Gasteiger partial charge in [0.25, 0.3) is 0 Å². The first-order valence-corrected chi connectivity index (χ1v) is 9.68. The monoisotopic (exact) mass is 378 g/mol. The van der Waals surface area contributed by atoms with Gasteiger partial charge < -0.3 is 4.74 Å². The molecule has 6 heteroatoms. The molecule has 2 radical (unpaired) electrons. The summed E-state index contributed by atoms with van der Waals surface area (Å²) in [5, 5.41) is 9.25. The van der Waals surface area contributed by atoms with Crippen molar-refractivity contribution in [1.82, 2.24) is 4.98 Å². The number of nitriles is 1. The number of ether oxygens (including phenoxy) is 1. The van der Waals surface area contributed by atoms with Crippen molar-refractivity contribution in [2.45, 2.75) is 31.9 Å². The predicted molar refractivity (Wildman–Crippen MR) is 88.9 cm³/mol. The van der Waals surface area contributed by atoms with Crippen LogP contribution >= 0.6 is 15.9 Å². The first kappa shape index (κ1) is 17.2. The Morgan fingerprint density at radius 2 is 2.27 bits per heavy atom. The van der Waals surface area contributed by atoms with E-state index in [-0.39, 0.29) is 11.7 Å². The average molecular weight is 379 g/mol. The number of hydrogen-bond donors (Lipinski definition) is 0. The zero-order valence-corrected chi connectivity index (χ0v) is 15.6. The number of methoxy groups -OCH3 is 1. The molecule has 0 aliphatic heterocycles. The molecule has 0 aromatic carbocycles. The number of ketones is 1. The molecule has 116 valence electrons. The maximum atomic E-state index is 12.6. The number of carbonyl (C=O) groups is 1. The molecular weight excluding hydrogens is 360 g/mol. The number of rotatable bonds is 4. The first-order valence-electron chi connectivity index (χ1n) is 7.31. The zero-order chi connectivity index (χ0) is 16.3. The molecule has 1 fully saturated rings. The fourth-order valence-corrected chi connectivity index (χ4v) is 5.00. The normalized spacial score (nSPS) is 28.2. The minimum absolute atomic E-state index is 0.0801. The molecule has 22 heavy (non-hydrogen) atoms. The van der Waals surface area contributed by atoms with Crippen molar-refractivity contribution in [3.8, 4) is 11.9 Å². The molecule has 2 rings (SSSR count). The zero-order valence-electron chi connectivity index (χ0n) is 13.0. The minimum atomic E-state index is -0.475. The Balaban J connectivity index is 2.31. The van der Waals surface area contributed by atoms with Crippen LogP contribution < -0.4 is 4.74 Å². The van der Waals surface area contributed by atoms with Crippen molar-refractivity contribution in [3.63, 3.8) is 0 Å². The molecular formula is C16H19BrN2O2Si. The number of halogens is 1. The van der Waals surface area contributed by atoms with Crippen LogP contribution in [0.5, 0.6) is 5.88 Å². The van der Waals surface area contributed by atoms with E-state index in [2.05, 4.69) is 40.5 Å². The second kappa shape index (κ2) is 7.38. The van der Waals surface area contributed by atoms with Crippen molar-refractivity contribution in [2.24, 2.45) is 17.8 Å². The molecule has 1 saturated carbocycles. The third kappa shape index (κ3) is 3.41. The maximum Gasteiger partial charge on any atom is 0.213 e. The van der Waals surface area contributed by atoms with Crippen LogP contribution in [0.1, 0.15) is 19.0 Å². The standard InChI is InChI=1S/C16H19BrN2O2Si/c1-9-6-10(8-18)15(20)11(16(9)22-3)7-13-12(17)4-5-14(19-13)21-2/h4-5,9-11,16H,6-7H2,1-3H3/t9-,10?,11+,16+/m1/s1. The third-order valence-corrected chi connectivity index (χ3v) is 6.73. The number of hydrogen-bond acceptors (Lipinski definition) is 4. The molecule has 1 aromatic heterocycles. The molecule has 4 atom stereocenters. The summed E-state index contributed by atoms with van der Waals surface area (Å²) in [5.41, 5.74) is 1.16. The Morgan fingerprint density at radius 1 is 1.55 bits per heavy atom. The predicted octanol–water partition coefficient (Wildman–Crippen LogP) is 3.30. The van der Waals surface area contributed by atoms with Crippen LogP contribution in [0.2, 0.25) is 12.1 Å². The SMILES string of the molecule is COc1ccc(Br)c(C[C@H]2C(=O)C(C#N)C[C@@H](C)[C@@H]2[Si]C)n1. The van der Waals surface area contributed by atoms with Crippen LogP contribution in [-0.4, -0.2) is 27.4 Å². The van der Waals surface area contributed by atoms with E-state index in [9.17, 15) is 10.1 Å². The summed E-state index contributed by atoms with van der Waals surface area (Å²) >= 11 is 3.50. The highest BCUT2D eigenvalue weighted by Gasteiger charge is 2.41. The summed E-state index contributed by atoms with van der Waals surface area (Å²) in [7, 11) is 2.27. The number of pyridine rings is 1. The van der Waals surface area contributed by atoms with Gasteiger partial charge in [0.2, 0.25) is 5.88 Å². The van der Waals surface area contributed by atoms with E-state index in [0.29, 0.717) is 39.7 Å². The number of aromatic nitrogens is 1. The molecule has 0 bridgehead atoms. The summed E-state index contributed by atoms with van der Waals surface area (Å²) in [4.78, 5) is 17.1. The fourth-order valence-electron chi connectivity index (χ4n) is 3.23. The van der Waals surface area contributed by atoms with Gasteiger partial charge in [-0.05, 0) is 39.9 Å². The molecule has 0 spiro atoms. The lowest BCUT2D eigenvalue weighted by Gasteiger charge is -2.36. The number of carbonyl (C=O) groups excluding carboxylic acids is 1. The third-order valence-electron chi connectivity index (χ3n) is 4.37. The van der Waals surface area contributed by atoms with Gasteiger partial charge in [0.1, 0.15) is 5.92 Å². The molecule has 1 unspecified atom stereocenters. The quantitative estimate of drug-likeness (QED) is 0.753. The molecule has 4 nitrogen and oxygen atoms in total. The van der Waals surface area contributed by atoms with Gasteiger partial charge in [-0.3, -0.25) is 4.79 Å². The first-order chi connectivity index (χ1) is 10.5. The second-order valence-corrected chi connectivity index (χ2v) is 7.80. The van der Waals surface area contributed by atoms with Crippen LogP contribution in [0.25, 0.3) is 0 Å². The molecule has 1 aliphatic rings. The highest BCUT2D eigenvalue weighted by Crippen LogP contribution is 2.41. The average Bonchev–Trinajstić information content (AvgIpc) is 2.52. The summed E-state index contributed by atoms with van der Waals surface area (Å²) in [6.07, 6.45) is 1.24. The van der Waals surface area contributed by atoms with E-state index in [1.807, 2.05) is 6.07 Å². The Bertz CT molecular complexity index is 602. The van der Waals surface area contributed by atoms with Gasteiger partial charge in [-0.15, -0.1) is 0 Å². The van der Waals surface area contributed by atoms with Gasteiger partial charge in [0.05, 0.1) is 18.9 Å². The number of Topliss-reactive ketones (excluding diaryl/α,β-unsaturated/α-hetero) is 1. The molecule has 0 saturated heterocycles. The van der Waals surface area contributed by atoms with Gasteiger partial charge in [0, 0.05) is 32.4 Å². The highest BCUT2D eigenvalue weighted by atomic mass is 79.9. The van der Waals surface area contributed by atoms with Crippen molar-refractivity contribution in [3.05, 3.63) is 22.3 Å². The van der Waals surface area contributed by atoms with E-state index >= 15 is 0 Å². The van der Waals surface area contributed by atoms with Crippen molar-refractivity contribution in [2.75, 3.05) is 7.11 Å². The van der Waals surface area contributed by atoms with Crippen molar-refractivity contribution >= 4 is 31.2 Å². The van der Waals surface area contributed by atoms with E-state index in [1.165, 1.54) is 0 Å². The lowest BCUT2D eigenvalue weighted by molar-refractivity contribution is -0.128.